The maximum Gasteiger partial charge on any atom is 0.237 e. The topological polar surface area (TPSA) is 97.7 Å². The van der Waals surface area contributed by atoms with E-state index >= 15 is 0 Å². The van der Waals surface area contributed by atoms with Gasteiger partial charge in [0.2, 0.25) is 5.95 Å². The second-order valence-electron chi connectivity index (χ2n) is 15.3. The molecule has 0 N–H and O–H groups in total. The lowest BCUT2D eigenvalue weighted by molar-refractivity contribution is 0.484. The molecule has 6 aromatic carbocycles. The number of aryl methyl sites for hydroxylation is 2. The maximum absolute atomic E-state index is 6.67. The fraction of sp³-hybridized carbons (Fsp3) is 0.0392. The summed E-state index contributed by atoms with van der Waals surface area (Å²) in [7, 11) is 0. The van der Waals surface area contributed by atoms with E-state index in [9.17, 15) is 0 Å². The monoisotopic (exact) mass is 790 g/mol. The average Bonchev–Trinajstić information content (AvgIpc) is 3.91. The summed E-state index contributed by atoms with van der Waals surface area (Å²) < 4.78 is 19.8. The second-order valence-corrected chi connectivity index (χ2v) is 15.3. The van der Waals surface area contributed by atoms with E-state index in [2.05, 4.69) is 135 Å². The minimum atomic E-state index is 0.484. The molecule has 0 radical (unpaired) electrons. The summed E-state index contributed by atoms with van der Waals surface area (Å²) in [5.41, 5.74) is 8.24. The number of para-hydroxylation sites is 2. The van der Waals surface area contributed by atoms with Gasteiger partial charge in [0, 0.05) is 69.0 Å². The van der Waals surface area contributed by atoms with Crippen LogP contribution >= 0.6 is 0 Å². The van der Waals surface area contributed by atoms with Crippen LogP contribution in [0.4, 0.5) is 0 Å². The predicted molar refractivity (Wildman–Crippen MR) is 241 cm³/mol. The van der Waals surface area contributed by atoms with Crippen molar-refractivity contribution in [2.75, 3.05) is 0 Å². The number of aromatic nitrogens is 8. The SMILES string of the molecule is Cc1ccnc(-n2c3ccccc3c3ccc(Oc4ccc5c6ccc(Oc7ccc8c9ccccc9n(-c9cc(C)ccn9)c8c7)cc6n(-c6ncncn6)c5c4)cc32)c1. The molecule has 0 fully saturated rings. The molecular weight excluding hydrogens is 757 g/mol. The third-order valence-electron chi connectivity index (χ3n) is 11.4. The van der Waals surface area contributed by atoms with E-state index in [4.69, 9.17) is 19.4 Å². The van der Waals surface area contributed by atoms with E-state index in [1.165, 1.54) is 12.7 Å². The molecule has 0 unspecified atom stereocenters. The minimum absolute atomic E-state index is 0.484. The number of nitrogens with zero attached hydrogens (tertiary/aromatic N) is 8. The molecule has 0 saturated carbocycles. The summed E-state index contributed by atoms with van der Waals surface area (Å²) in [6.07, 6.45) is 6.72. The second kappa shape index (κ2) is 13.6. The lowest BCUT2D eigenvalue weighted by Gasteiger charge is -2.11. The Bertz CT molecular complexity index is 3480. The smallest absolute Gasteiger partial charge is 0.237 e. The molecule has 6 aromatic heterocycles. The molecule has 0 amide bonds. The molecule has 61 heavy (non-hydrogen) atoms. The summed E-state index contributed by atoms with van der Waals surface area (Å²) in [6.45, 7) is 4.17. The first kappa shape index (κ1) is 34.7. The van der Waals surface area contributed by atoms with Crippen LogP contribution in [0.2, 0.25) is 0 Å². The molecule has 0 aliphatic rings. The Morgan fingerprint density at radius 1 is 0.361 bits per heavy atom. The van der Waals surface area contributed by atoms with Crippen LogP contribution in [0.1, 0.15) is 11.1 Å². The van der Waals surface area contributed by atoms with Crippen LogP contribution in [-0.2, 0) is 0 Å². The van der Waals surface area contributed by atoms with Crippen LogP contribution in [-0.4, -0.2) is 38.6 Å². The van der Waals surface area contributed by atoms with Gasteiger partial charge in [-0.25, -0.2) is 24.9 Å². The predicted octanol–water partition coefficient (Wildman–Crippen LogP) is 12.2. The van der Waals surface area contributed by atoms with Crippen molar-refractivity contribution in [1.82, 2.24) is 38.6 Å². The van der Waals surface area contributed by atoms with Gasteiger partial charge in [0.25, 0.3) is 0 Å². The molecule has 0 aliphatic carbocycles. The summed E-state index contributed by atoms with van der Waals surface area (Å²) in [6, 6.07) is 49.8. The number of benzene rings is 6. The highest BCUT2D eigenvalue weighted by Crippen LogP contribution is 2.40. The lowest BCUT2D eigenvalue weighted by Crippen LogP contribution is -2.01. The van der Waals surface area contributed by atoms with Gasteiger partial charge in [0.15, 0.2) is 0 Å². The van der Waals surface area contributed by atoms with Gasteiger partial charge >= 0.3 is 0 Å². The van der Waals surface area contributed by atoms with Crippen molar-refractivity contribution < 1.29 is 9.47 Å². The molecule has 0 saturated heterocycles. The fourth-order valence-electron chi connectivity index (χ4n) is 8.75. The van der Waals surface area contributed by atoms with Gasteiger partial charge in [-0.15, -0.1) is 0 Å². The van der Waals surface area contributed by atoms with E-state index in [1.807, 2.05) is 65.5 Å². The van der Waals surface area contributed by atoms with Gasteiger partial charge in [-0.1, -0.05) is 36.4 Å². The Kier molecular flexibility index (Phi) is 7.73. The van der Waals surface area contributed by atoms with E-state index in [0.29, 0.717) is 28.9 Å². The van der Waals surface area contributed by atoms with E-state index < -0.39 is 0 Å². The molecule has 10 nitrogen and oxygen atoms in total. The normalized spacial score (nSPS) is 11.8. The quantitative estimate of drug-likeness (QED) is 0.158. The Morgan fingerprint density at radius 2 is 0.738 bits per heavy atom. The summed E-state index contributed by atoms with van der Waals surface area (Å²) in [4.78, 5) is 22.8. The highest BCUT2D eigenvalue weighted by Gasteiger charge is 2.19. The number of rotatable bonds is 7. The van der Waals surface area contributed by atoms with Gasteiger partial charge in [0.1, 0.15) is 47.3 Å². The molecule has 0 atom stereocenters. The maximum atomic E-state index is 6.67. The van der Waals surface area contributed by atoms with Crippen LogP contribution in [0, 0.1) is 13.8 Å². The van der Waals surface area contributed by atoms with Crippen molar-refractivity contribution in [3.05, 3.63) is 182 Å². The average molecular weight is 791 g/mol. The van der Waals surface area contributed by atoms with Gasteiger partial charge in [-0.05, 0) is 110 Å². The van der Waals surface area contributed by atoms with Gasteiger partial charge in [-0.3, -0.25) is 13.7 Å². The van der Waals surface area contributed by atoms with Crippen LogP contribution in [0.25, 0.3) is 83.0 Å². The van der Waals surface area contributed by atoms with Crippen molar-refractivity contribution in [3.8, 4) is 40.6 Å². The van der Waals surface area contributed by atoms with E-state index in [0.717, 1.165) is 88.2 Å². The number of hydrogen-bond acceptors (Lipinski definition) is 7. The van der Waals surface area contributed by atoms with Crippen LogP contribution in [0.3, 0.4) is 0 Å². The van der Waals surface area contributed by atoms with Crippen molar-refractivity contribution >= 4 is 65.4 Å². The molecule has 12 aromatic rings. The number of fused-ring (bicyclic) bond motifs is 9. The molecule has 6 heterocycles. The Labute approximate surface area is 348 Å². The Hall–Kier alpha value is -8.37. The van der Waals surface area contributed by atoms with Crippen molar-refractivity contribution in [1.29, 1.82) is 0 Å². The van der Waals surface area contributed by atoms with E-state index in [-0.39, 0.29) is 0 Å². The molecule has 0 bridgehead atoms. The number of hydrogen-bond donors (Lipinski definition) is 0. The largest absolute Gasteiger partial charge is 0.457 e. The summed E-state index contributed by atoms with van der Waals surface area (Å²) in [5.74, 6) is 4.95. The summed E-state index contributed by atoms with van der Waals surface area (Å²) in [5, 5.41) is 6.60. The highest BCUT2D eigenvalue weighted by molar-refractivity contribution is 6.11. The van der Waals surface area contributed by atoms with Gasteiger partial charge in [0.05, 0.1) is 33.1 Å². The molecule has 0 spiro atoms. The van der Waals surface area contributed by atoms with E-state index in [1.54, 1.807) is 0 Å². The van der Waals surface area contributed by atoms with Crippen LogP contribution in [0.15, 0.2) is 171 Å². The van der Waals surface area contributed by atoms with Gasteiger partial charge in [-0.2, -0.15) is 0 Å². The third-order valence-corrected chi connectivity index (χ3v) is 11.4. The fourth-order valence-corrected chi connectivity index (χ4v) is 8.75. The zero-order valence-corrected chi connectivity index (χ0v) is 33.1. The molecule has 10 heteroatoms. The van der Waals surface area contributed by atoms with Crippen LogP contribution < -0.4 is 9.47 Å². The van der Waals surface area contributed by atoms with Gasteiger partial charge < -0.3 is 9.47 Å². The lowest BCUT2D eigenvalue weighted by atomic mass is 10.1. The minimum Gasteiger partial charge on any atom is -0.457 e. The first-order valence-electron chi connectivity index (χ1n) is 20.0. The number of pyridine rings is 2. The van der Waals surface area contributed by atoms with Crippen molar-refractivity contribution in [2.45, 2.75) is 13.8 Å². The Morgan fingerprint density at radius 3 is 1.15 bits per heavy atom. The standard InChI is InChI=1S/C51H34N8O2/c1-31-19-21-53-49(23-31)57-43-9-5-3-7-37(43)39-15-11-33(25-45(39)57)60-35-13-17-41-42-18-14-36(28-48(42)59(47(41)27-35)51-55-29-52-30-56-51)61-34-12-16-40-38-8-4-6-10-44(38)58(46(40)26-34)50-24-32(2)20-22-54-50/h3-30H,1-2H3. The Balaban J connectivity index is 0.953. The highest BCUT2D eigenvalue weighted by atomic mass is 16.5. The third kappa shape index (κ3) is 5.68. The number of ether oxygens (including phenoxy) is 2. The zero-order valence-electron chi connectivity index (χ0n) is 33.1. The van der Waals surface area contributed by atoms with Crippen molar-refractivity contribution in [3.63, 3.8) is 0 Å². The first-order valence-corrected chi connectivity index (χ1v) is 20.0. The van der Waals surface area contributed by atoms with Crippen LogP contribution in [0.5, 0.6) is 23.0 Å². The first-order chi connectivity index (χ1) is 30.0. The molecule has 290 valence electrons. The zero-order chi connectivity index (χ0) is 40.6. The molecule has 0 aliphatic heterocycles. The summed E-state index contributed by atoms with van der Waals surface area (Å²) >= 11 is 0. The van der Waals surface area contributed by atoms with Crippen molar-refractivity contribution in [2.24, 2.45) is 0 Å². The molecule has 12 rings (SSSR count). The molecular formula is C51H34N8O2.